The Hall–Kier alpha value is -1.09. The average Bonchev–Trinajstić information content (AvgIpc) is 2.31. The van der Waals surface area contributed by atoms with E-state index in [2.05, 4.69) is 6.92 Å². The molecule has 0 saturated carbocycles. The molecule has 1 N–H and O–H groups in total. The number of fused-ring (bicyclic) bond motifs is 1. The molecule has 1 heterocycles. The maximum Gasteiger partial charge on any atom is 0.256 e. The third kappa shape index (κ3) is 2.37. The molecule has 18 heavy (non-hydrogen) atoms. The van der Waals surface area contributed by atoms with Crippen LogP contribution in [-0.2, 0) is 25.0 Å². The molecule has 0 unspecified atom stereocenters. The van der Waals surface area contributed by atoms with E-state index >= 15 is 0 Å². The van der Waals surface area contributed by atoms with Gasteiger partial charge in [0.25, 0.3) is 5.56 Å². The van der Waals surface area contributed by atoms with Crippen molar-refractivity contribution in [3.05, 3.63) is 33.2 Å². The molecular formula is C15H23NO2. The molecule has 100 valence electrons. The van der Waals surface area contributed by atoms with Gasteiger partial charge in [0.2, 0.25) is 0 Å². The zero-order valence-corrected chi connectivity index (χ0v) is 11.6. The first-order chi connectivity index (χ1) is 8.45. The molecule has 0 radical (unpaired) electrons. The molecule has 0 saturated heterocycles. The van der Waals surface area contributed by atoms with E-state index in [4.69, 9.17) is 0 Å². The summed E-state index contributed by atoms with van der Waals surface area (Å²) in [6.45, 7) is 6.22. The lowest BCUT2D eigenvalue weighted by Crippen LogP contribution is -2.35. The second-order valence-corrected chi connectivity index (χ2v) is 5.75. The second-order valence-electron chi connectivity index (χ2n) is 5.75. The molecule has 0 bridgehead atoms. The second kappa shape index (κ2) is 4.88. The summed E-state index contributed by atoms with van der Waals surface area (Å²) in [7, 11) is 0. The summed E-state index contributed by atoms with van der Waals surface area (Å²) in [5.41, 5.74) is 1.92. The Balaban J connectivity index is 2.65. The van der Waals surface area contributed by atoms with Gasteiger partial charge < -0.3 is 9.67 Å². The summed E-state index contributed by atoms with van der Waals surface area (Å²) in [6.07, 6.45) is 5.32. The van der Waals surface area contributed by atoms with Crippen LogP contribution in [0.4, 0.5) is 0 Å². The first-order valence-corrected chi connectivity index (χ1v) is 6.93. The van der Waals surface area contributed by atoms with Crippen molar-refractivity contribution in [2.24, 2.45) is 0 Å². The van der Waals surface area contributed by atoms with E-state index in [0.717, 1.165) is 32.2 Å². The van der Waals surface area contributed by atoms with Crippen molar-refractivity contribution in [2.45, 2.75) is 65.0 Å². The van der Waals surface area contributed by atoms with E-state index in [9.17, 15) is 9.90 Å². The minimum absolute atomic E-state index is 0.00926. The smallest absolute Gasteiger partial charge is 0.256 e. The van der Waals surface area contributed by atoms with Crippen molar-refractivity contribution < 1.29 is 5.11 Å². The van der Waals surface area contributed by atoms with E-state index in [-0.39, 0.29) is 5.56 Å². The van der Waals surface area contributed by atoms with Crippen molar-refractivity contribution >= 4 is 0 Å². The van der Waals surface area contributed by atoms with Crippen molar-refractivity contribution in [2.75, 3.05) is 0 Å². The maximum absolute atomic E-state index is 12.5. The number of rotatable bonds is 3. The van der Waals surface area contributed by atoms with Gasteiger partial charge in [0.05, 0.1) is 5.60 Å². The highest BCUT2D eigenvalue weighted by Gasteiger charge is 2.25. The Bertz CT molecular complexity index is 494. The van der Waals surface area contributed by atoms with Crippen LogP contribution in [0, 0.1) is 0 Å². The number of aromatic nitrogens is 1. The lowest BCUT2D eigenvalue weighted by Gasteiger charge is -2.26. The molecule has 0 aromatic carbocycles. The van der Waals surface area contributed by atoms with Crippen molar-refractivity contribution in [1.82, 2.24) is 4.57 Å². The van der Waals surface area contributed by atoms with Crippen LogP contribution in [0.15, 0.2) is 10.9 Å². The molecule has 0 spiro atoms. The highest BCUT2D eigenvalue weighted by Crippen LogP contribution is 2.25. The highest BCUT2D eigenvalue weighted by atomic mass is 16.3. The van der Waals surface area contributed by atoms with Crippen molar-refractivity contribution in [3.63, 3.8) is 0 Å². The molecule has 1 aliphatic carbocycles. The van der Waals surface area contributed by atoms with Gasteiger partial charge in [-0.3, -0.25) is 4.79 Å². The van der Waals surface area contributed by atoms with E-state index in [1.54, 1.807) is 13.8 Å². The van der Waals surface area contributed by atoms with E-state index in [1.807, 2.05) is 10.6 Å². The predicted molar refractivity (Wildman–Crippen MR) is 72.9 cm³/mol. The third-order valence-corrected chi connectivity index (χ3v) is 3.71. The van der Waals surface area contributed by atoms with Gasteiger partial charge in [-0.15, -0.1) is 0 Å². The molecule has 0 amide bonds. The molecule has 0 aliphatic heterocycles. The number of aryl methyl sites for hydroxylation is 1. The van der Waals surface area contributed by atoms with Crippen LogP contribution in [-0.4, -0.2) is 9.67 Å². The Morgan fingerprint density at radius 2 is 2.00 bits per heavy atom. The predicted octanol–water partition coefficient (Wildman–Crippen LogP) is 2.36. The molecule has 1 aromatic rings. The van der Waals surface area contributed by atoms with Crippen LogP contribution in [0.1, 0.15) is 56.9 Å². The fourth-order valence-electron chi connectivity index (χ4n) is 2.78. The number of hydrogen-bond donors (Lipinski definition) is 1. The topological polar surface area (TPSA) is 42.2 Å². The van der Waals surface area contributed by atoms with Crippen molar-refractivity contribution in [1.29, 1.82) is 0 Å². The standard InChI is InChI=1S/C15H23NO2/c1-4-9-16-13-8-6-5-7-11(13)10-12(14(16)17)15(2,3)18/h10,18H,4-9H2,1-3H3. The van der Waals surface area contributed by atoms with Gasteiger partial charge in [-0.2, -0.15) is 0 Å². The summed E-state index contributed by atoms with van der Waals surface area (Å²) in [5.74, 6) is 0. The molecule has 1 aliphatic rings. The molecule has 0 atom stereocenters. The van der Waals surface area contributed by atoms with Gasteiger partial charge in [0, 0.05) is 17.8 Å². The van der Waals surface area contributed by atoms with Gasteiger partial charge in [0.1, 0.15) is 0 Å². The van der Waals surface area contributed by atoms with Gasteiger partial charge in [-0.25, -0.2) is 0 Å². The zero-order valence-electron chi connectivity index (χ0n) is 11.6. The normalized spacial score (nSPS) is 15.6. The summed E-state index contributed by atoms with van der Waals surface area (Å²) in [6, 6.07) is 1.93. The summed E-state index contributed by atoms with van der Waals surface area (Å²) in [4.78, 5) is 12.5. The average molecular weight is 249 g/mol. The molecular weight excluding hydrogens is 226 g/mol. The summed E-state index contributed by atoms with van der Waals surface area (Å²) >= 11 is 0. The first-order valence-electron chi connectivity index (χ1n) is 6.93. The van der Waals surface area contributed by atoms with E-state index in [1.165, 1.54) is 17.7 Å². The first kappa shape index (κ1) is 13.3. The quantitative estimate of drug-likeness (QED) is 0.893. The fraction of sp³-hybridized carbons (Fsp3) is 0.667. The van der Waals surface area contributed by atoms with Gasteiger partial charge in [-0.05, 0) is 57.6 Å². The molecule has 0 fully saturated rings. The van der Waals surface area contributed by atoms with E-state index in [0.29, 0.717) is 5.56 Å². The van der Waals surface area contributed by atoms with E-state index < -0.39 is 5.60 Å². The molecule has 1 aromatic heterocycles. The lowest BCUT2D eigenvalue weighted by molar-refractivity contribution is 0.0762. The maximum atomic E-state index is 12.5. The van der Waals surface area contributed by atoms with Gasteiger partial charge >= 0.3 is 0 Å². The Morgan fingerprint density at radius 3 is 2.61 bits per heavy atom. The Kier molecular flexibility index (Phi) is 3.62. The van der Waals surface area contributed by atoms with Gasteiger partial charge in [0.15, 0.2) is 0 Å². The van der Waals surface area contributed by atoms with Crippen LogP contribution in [0.5, 0.6) is 0 Å². The lowest BCUT2D eigenvalue weighted by atomic mass is 9.90. The fourth-order valence-corrected chi connectivity index (χ4v) is 2.78. The highest BCUT2D eigenvalue weighted by molar-refractivity contribution is 5.31. The van der Waals surface area contributed by atoms with Gasteiger partial charge in [-0.1, -0.05) is 6.92 Å². The molecule has 3 heteroatoms. The third-order valence-electron chi connectivity index (χ3n) is 3.71. The van der Waals surface area contributed by atoms with Crippen LogP contribution >= 0.6 is 0 Å². The van der Waals surface area contributed by atoms with Crippen LogP contribution in [0.2, 0.25) is 0 Å². The largest absolute Gasteiger partial charge is 0.386 e. The Labute approximate surface area is 108 Å². The van der Waals surface area contributed by atoms with Crippen LogP contribution < -0.4 is 5.56 Å². The number of aliphatic hydroxyl groups is 1. The minimum atomic E-state index is -1.06. The molecule has 2 rings (SSSR count). The van der Waals surface area contributed by atoms with Crippen molar-refractivity contribution in [3.8, 4) is 0 Å². The Morgan fingerprint density at radius 1 is 1.33 bits per heavy atom. The SMILES string of the molecule is CCCn1c2c(cc(C(C)(C)O)c1=O)CCCC2. The van der Waals surface area contributed by atoms with Crippen LogP contribution in [0.3, 0.4) is 0 Å². The minimum Gasteiger partial charge on any atom is -0.386 e. The zero-order chi connectivity index (χ0) is 13.3. The van der Waals surface area contributed by atoms with Crippen LogP contribution in [0.25, 0.3) is 0 Å². The number of pyridine rings is 1. The molecule has 3 nitrogen and oxygen atoms in total. The summed E-state index contributed by atoms with van der Waals surface area (Å²) < 4.78 is 1.89. The monoisotopic (exact) mass is 249 g/mol. The number of nitrogens with zero attached hydrogens (tertiary/aromatic N) is 1. The summed E-state index contributed by atoms with van der Waals surface area (Å²) in [5, 5.41) is 10.2. The number of hydrogen-bond acceptors (Lipinski definition) is 2.